The van der Waals surface area contributed by atoms with Crippen molar-refractivity contribution in [3.05, 3.63) is 57.8 Å². The lowest BCUT2D eigenvalue weighted by atomic mass is 10.1. The SMILES string of the molecule is Cc1ccc(C(=O)NCC(=O)N2CCN(CCc3ccccc3)CC2)s1. The second-order valence-corrected chi connectivity index (χ2v) is 7.84. The van der Waals surface area contributed by atoms with Crippen LogP contribution in [0.25, 0.3) is 0 Å². The highest BCUT2D eigenvalue weighted by Crippen LogP contribution is 2.14. The molecule has 1 aromatic heterocycles. The summed E-state index contributed by atoms with van der Waals surface area (Å²) in [7, 11) is 0. The minimum absolute atomic E-state index is 0.00524. The molecule has 0 aliphatic carbocycles. The van der Waals surface area contributed by atoms with Crippen LogP contribution in [0.2, 0.25) is 0 Å². The van der Waals surface area contributed by atoms with Crippen LogP contribution < -0.4 is 5.32 Å². The van der Waals surface area contributed by atoms with Crippen LogP contribution >= 0.6 is 11.3 Å². The molecule has 0 unspecified atom stereocenters. The summed E-state index contributed by atoms with van der Waals surface area (Å²) in [6.07, 6.45) is 1.03. The molecule has 6 heteroatoms. The van der Waals surface area contributed by atoms with Gasteiger partial charge in [0.15, 0.2) is 0 Å². The largest absolute Gasteiger partial charge is 0.342 e. The molecule has 1 aliphatic heterocycles. The van der Waals surface area contributed by atoms with Crippen LogP contribution in [0, 0.1) is 6.92 Å². The number of thiophene rings is 1. The fourth-order valence-electron chi connectivity index (χ4n) is 3.06. The van der Waals surface area contributed by atoms with Gasteiger partial charge in [-0.25, -0.2) is 0 Å². The molecule has 5 nitrogen and oxygen atoms in total. The molecule has 1 fully saturated rings. The maximum atomic E-state index is 12.3. The number of carbonyl (C=O) groups is 2. The Morgan fingerprint density at radius 1 is 1.04 bits per heavy atom. The molecule has 26 heavy (non-hydrogen) atoms. The van der Waals surface area contributed by atoms with E-state index < -0.39 is 0 Å². The zero-order chi connectivity index (χ0) is 18.4. The van der Waals surface area contributed by atoms with Crippen LogP contribution in [0.1, 0.15) is 20.1 Å². The van der Waals surface area contributed by atoms with E-state index in [2.05, 4.69) is 34.5 Å². The smallest absolute Gasteiger partial charge is 0.261 e. The van der Waals surface area contributed by atoms with Gasteiger partial charge in [-0.3, -0.25) is 14.5 Å². The lowest BCUT2D eigenvalue weighted by Crippen LogP contribution is -2.51. The third kappa shape index (κ3) is 5.16. The first-order valence-corrected chi connectivity index (χ1v) is 9.82. The van der Waals surface area contributed by atoms with E-state index in [1.165, 1.54) is 16.9 Å². The van der Waals surface area contributed by atoms with Crippen LogP contribution in [0.15, 0.2) is 42.5 Å². The van der Waals surface area contributed by atoms with E-state index in [0.717, 1.165) is 44.0 Å². The van der Waals surface area contributed by atoms with E-state index >= 15 is 0 Å². The number of nitrogens with zero attached hydrogens (tertiary/aromatic N) is 2. The number of hydrogen-bond donors (Lipinski definition) is 1. The zero-order valence-electron chi connectivity index (χ0n) is 15.1. The summed E-state index contributed by atoms with van der Waals surface area (Å²) in [6, 6.07) is 14.2. The molecular formula is C20H25N3O2S. The molecular weight excluding hydrogens is 346 g/mol. The van der Waals surface area contributed by atoms with Crippen molar-refractivity contribution in [2.45, 2.75) is 13.3 Å². The van der Waals surface area contributed by atoms with Gasteiger partial charge < -0.3 is 10.2 Å². The van der Waals surface area contributed by atoms with E-state index in [-0.39, 0.29) is 18.4 Å². The van der Waals surface area contributed by atoms with Gasteiger partial charge >= 0.3 is 0 Å². The van der Waals surface area contributed by atoms with Crippen molar-refractivity contribution in [3.8, 4) is 0 Å². The number of piperazine rings is 1. The molecule has 138 valence electrons. The van der Waals surface area contributed by atoms with Crippen LogP contribution in [0.3, 0.4) is 0 Å². The van der Waals surface area contributed by atoms with Crippen LogP contribution in [0.4, 0.5) is 0 Å². The predicted octanol–water partition coefficient (Wildman–Crippen LogP) is 2.17. The summed E-state index contributed by atoms with van der Waals surface area (Å²) in [5.74, 6) is -0.174. The Bertz CT molecular complexity index is 737. The minimum Gasteiger partial charge on any atom is -0.342 e. The Kier molecular flexibility index (Phi) is 6.41. The summed E-state index contributed by atoms with van der Waals surface area (Å²) in [6.45, 7) is 6.26. The summed E-state index contributed by atoms with van der Waals surface area (Å²) >= 11 is 1.44. The van der Waals surface area contributed by atoms with Gasteiger partial charge in [0.05, 0.1) is 11.4 Å². The Hall–Kier alpha value is -2.18. The lowest BCUT2D eigenvalue weighted by molar-refractivity contribution is -0.131. The summed E-state index contributed by atoms with van der Waals surface area (Å²) < 4.78 is 0. The number of hydrogen-bond acceptors (Lipinski definition) is 4. The first-order valence-electron chi connectivity index (χ1n) is 9.00. The highest BCUT2D eigenvalue weighted by Gasteiger charge is 2.21. The molecule has 0 radical (unpaired) electrons. The first-order chi connectivity index (χ1) is 12.6. The Balaban J connectivity index is 1.37. The monoisotopic (exact) mass is 371 g/mol. The average Bonchev–Trinajstić information content (AvgIpc) is 3.12. The van der Waals surface area contributed by atoms with Gasteiger partial charge in [-0.2, -0.15) is 0 Å². The topological polar surface area (TPSA) is 52.7 Å². The van der Waals surface area contributed by atoms with Crippen LogP contribution in [0.5, 0.6) is 0 Å². The standard InChI is InChI=1S/C20H25N3O2S/c1-16-7-8-18(26-16)20(25)21-15-19(24)23-13-11-22(12-14-23)10-9-17-5-3-2-4-6-17/h2-8H,9-15H2,1H3,(H,21,25). The van der Waals surface area contributed by atoms with Gasteiger partial charge in [0, 0.05) is 37.6 Å². The molecule has 1 aromatic carbocycles. The molecule has 0 atom stereocenters. The van der Waals surface area contributed by atoms with Crippen molar-refractivity contribution in [1.29, 1.82) is 0 Å². The maximum Gasteiger partial charge on any atom is 0.261 e. The molecule has 0 bridgehead atoms. The van der Waals surface area contributed by atoms with Crippen LogP contribution in [-0.2, 0) is 11.2 Å². The minimum atomic E-state index is -0.169. The average molecular weight is 372 g/mol. The van der Waals surface area contributed by atoms with Crippen molar-refractivity contribution >= 4 is 23.2 Å². The summed E-state index contributed by atoms with van der Waals surface area (Å²) in [5, 5.41) is 2.73. The number of rotatable bonds is 6. The Morgan fingerprint density at radius 2 is 1.77 bits per heavy atom. The second-order valence-electron chi connectivity index (χ2n) is 6.55. The quantitative estimate of drug-likeness (QED) is 0.847. The molecule has 2 heterocycles. The third-order valence-electron chi connectivity index (χ3n) is 4.65. The number of aryl methyl sites for hydroxylation is 1. The second kappa shape index (κ2) is 8.96. The Labute approximate surface area is 158 Å². The zero-order valence-corrected chi connectivity index (χ0v) is 15.9. The highest BCUT2D eigenvalue weighted by molar-refractivity contribution is 7.13. The molecule has 0 spiro atoms. The van der Waals surface area contributed by atoms with E-state index in [1.54, 1.807) is 6.07 Å². The fourth-order valence-corrected chi connectivity index (χ4v) is 3.85. The lowest BCUT2D eigenvalue weighted by Gasteiger charge is -2.34. The number of amides is 2. The van der Waals surface area contributed by atoms with E-state index in [4.69, 9.17) is 0 Å². The fraction of sp³-hybridized carbons (Fsp3) is 0.400. The van der Waals surface area contributed by atoms with E-state index in [1.807, 2.05) is 24.0 Å². The van der Waals surface area contributed by atoms with Gasteiger partial charge in [0.25, 0.3) is 5.91 Å². The summed E-state index contributed by atoms with van der Waals surface area (Å²) in [5.41, 5.74) is 1.34. The number of benzene rings is 1. The third-order valence-corrected chi connectivity index (χ3v) is 5.65. The van der Waals surface area contributed by atoms with Crippen molar-refractivity contribution in [1.82, 2.24) is 15.1 Å². The van der Waals surface area contributed by atoms with Gasteiger partial charge in [0.2, 0.25) is 5.91 Å². The van der Waals surface area contributed by atoms with Crippen molar-refractivity contribution in [3.63, 3.8) is 0 Å². The number of carbonyl (C=O) groups excluding carboxylic acids is 2. The van der Waals surface area contributed by atoms with Crippen molar-refractivity contribution < 1.29 is 9.59 Å². The molecule has 1 aliphatic rings. The molecule has 0 saturated carbocycles. The van der Waals surface area contributed by atoms with Crippen molar-refractivity contribution in [2.75, 3.05) is 39.3 Å². The van der Waals surface area contributed by atoms with Crippen LogP contribution in [-0.4, -0.2) is 60.9 Å². The van der Waals surface area contributed by atoms with Gasteiger partial charge in [0.1, 0.15) is 0 Å². The molecule has 2 aromatic rings. The van der Waals surface area contributed by atoms with Gasteiger partial charge in [-0.1, -0.05) is 30.3 Å². The Morgan fingerprint density at radius 3 is 2.42 bits per heavy atom. The normalized spacial score (nSPS) is 15.0. The van der Waals surface area contributed by atoms with Gasteiger partial charge in [-0.15, -0.1) is 11.3 Å². The first kappa shape index (κ1) is 18.6. The molecule has 1 N–H and O–H groups in total. The summed E-state index contributed by atoms with van der Waals surface area (Å²) in [4.78, 5) is 30.3. The highest BCUT2D eigenvalue weighted by atomic mass is 32.1. The van der Waals surface area contributed by atoms with Gasteiger partial charge in [-0.05, 0) is 31.0 Å². The molecule has 3 rings (SSSR count). The predicted molar refractivity (Wildman–Crippen MR) is 105 cm³/mol. The van der Waals surface area contributed by atoms with E-state index in [0.29, 0.717) is 4.88 Å². The van der Waals surface area contributed by atoms with Crippen molar-refractivity contribution in [2.24, 2.45) is 0 Å². The maximum absolute atomic E-state index is 12.3. The molecule has 1 saturated heterocycles. The molecule has 2 amide bonds. The number of nitrogens with one attached hydrogen (secondary N) is 1. The van der Waals surface area contributed by atoms with E-state index in [9.17, 15) is 9.59 Å².